The predicted molar refractivity (Wildman–Crippen MR) is 101 cm³/mol. The van der Waals surface area contributed by atoms with Crippen LogP contribution >= 0.6 is 0 Å². The highest BCUT2D eigenvalue weighted by Crippen LogP contribution is 2.28. The maximum absolute atomic E-state index is 6.01. The van der Waals surface area contributed by atoms with Crippen molar-refractivity contribution in [2.75, 3.05) is 38.1 Å². The molecule has 0 radical (unpaired) electrons. The van der Waals surface area contributed by atoms with Crippen molar-refractivity contribution in [2.24, 2.45) is 15.8 Å². The van der Waals surface area contributed by atoms with E-state index in [9.17, 15) is 0 Å². The highest BCUT2D eigenvalue weighted by Gasteiger charge is 2.16. The molecule has 0 amide bonds. The standard InChI is InChI=1S/C18H24N6/c1-13-12-16(24(21-3)17(13)18(19)20-2)14-4-6-15(7-5-14)23-10-8-22-9-11-23/h4-7,12,22H,3,8-11H2,1-2H3,(H2,19,20). The Bertz CT molecular complexity index is 751. The molecule has 1 aliphatic heterocycles. The summed E-state index contributed by atoms with van der Waals surface area (Å²) < 4.78 is 1.76. The van der Waals surface area contributed by atoms with E-state index >= 15 is 0 Å². The first kappa shape index (κ1) is 16.3. The average Bonchev–Trinajstić information content (AvgIpc) is 2.98. The van der Waals surface area contributed by atoms with Gasteiger partial charge in [0, 0.05) is 51.2 Å². The summed E-state index contributed by atoms with van der Waals surface area (Å²) in [6.07, 6.45) is 0. The van der Waals surface area contributed by atoms with Gasteiger partial charge in [-0.05, 0) is 30.7 Å². The van der Waals surface area contributed by atoms with Crippen LogP contribution in [0.15, 0.2) is 40.4 Å². The number of anilines is 1. The Hall–Kier alpha value is -2.60. The van der Waals surface area contributed by atoms with Crippen LogP contribution in [0.25, 0.3) is 11.3 Å². The second-order valence-corrected chi connectivity index (χ2v) is 5.91. The number of hydrogen-bond acceptors (Lipinski definition) is 4. The van der Waals surface area contributed by atoms with Gasteiger partial charge < -0.3 is 16.0 Å². The van der Waals surface area contributed by atoms with E-state index in [1.165, 1.54) is 5.69 Å². The molecule has 1 aromatic carbocycles. The smallest absolute Gasteiger partial charge is 0.144 e. The number of aliphatic imine (C=N–C) groups is 1. The Labute approximate surface area is 142 Å². The van der Waals surface area contributed by atoms with Gasteiger partial charge in [-0.2, -0.15) is 5.10 Å². The zero-order valence-corrected chi connectivity index (χ0v) is 14.3. The van der Waals surface area contributed by atoms with Gasteiger partial charge in [-0.3, -0.25) is 4.99 Å². The summed E-state index contributed by atoms with van der Waals surface area (Å²) in [5.41, 5.74) is 11.1. The average molecular weight is 324 g/mol. The van der Waals surface area contributed by atoms with Crippen LogP contribution in [0.1, 0.15) is 11.3 Å². The van der Waals surface area contributed by atoms with Crippen molar-refractivity contribution in [1.82, 2.24) is 9.99 Å². The van der Waals surface area contributed by atoms with Crippen LogP contribution in [0.4, 0.5) is 5.69 Å². The third-order valence-corrected chi connectivity index (χ3v) is 4.44. The molecule has 1 aromatic heterocycles. The van der Waals surface area contributed by atoms with Crippen LogP contribution in [0.2, 0.25) is 0 Å². The summed E-state index contributed by atoms with van der Waals surface area (Å²) in [6, 6.07) is 10.6. The first-order valence-corrected chi connectivity index (χ1v) is 8.13. The number of nitrogens with zero attached hydrogens (tertiary/aromatic N) is 4. The highest BCUT2D eigenvalue weighted by molar-refractivity contribution is 5.98. The van der Waals surface area contributed by atoms with Crippen molar-refractivity contribution >= 4 is 18.2 Å². The first-order valence-electron chi connectivity index (χ1n) is 8.13. The van der Waals surface area contributed by atoms with Gasteiger partial charge in [0.2, 0.25) is 0 Å². The number of amidine groups is 1. The van der Waals surface area contributed by atoms with Gasteiger partial charge >= 0.3 is 0 Å². The molecule has 0 atom stereocenters. The molecule has 1 fully saturated rings. The Kier molecular flexibility index (Phi) is 4.66. The Morgan fingerprint density at radius 2 is 1.88 bits per heavy atom. The lowest BCUT2D eigenvalue weighted by atomic mass is 10.1. The van der Waals surface area contributed by atoms with Gasteiger partial charge in [-0.25, -0.2) is 4.68 Å². The molecule has 24 heavy (non-hydrogen) atoms. The topological polar surface area (TPSA) is 70.9 Å². The fraction of sp³-hybridized carbons (Fsp3) is 0.333. The molecular formula is C18H24N6. The molecule has 3 rings (SSSR count). The number of rotatable bonds is 4. The fourth-order valence-corrected chi connectivity index (χ4v) is 3.16. The van der Waals surface area contributed by atoms with Gasteiger partial charge in [-0.15, -0.1) is 0 Å². The molecule has 2 heterocycles. The molecule has 2 aromatic rings. The number of benzene rings is 1. The zero-order valence-electron chi connectivity index (χ0n) is 14.3. The molecule has 0 spiro atoms. The van der Waals surface area contributed by atoms with Crippen LogP contribution in [0.5, 0.6) is 0 Å². The van der Waals surface area contributed by atoms with Crippen molar-refractivity contribution in [1.29, 1.82) is 0 Å². The van der Waals surface area contributed by atoms with E-state index in [-0.39, 0.29) is 0 Å². The number of nitrogens with one attached hydrogen (secondary N) is 1. The van der Waals surface area contributed by atoms with Gasteiger partial charge in [0.15, 0.2) is 0 Å². The fourth-order valence-electron chi connectivity index (χ4n) is 3.16. The van der Waals surface area contributed by atoms with Crippen molar-refractivity contribution in [3.8, 4) is 11.3 Å². The summed E-state index contributed by atoms with van der Waals surface area (Å²) >= 11 is 0. The molecular weight excluding hydrogens is 300 g/mol. The van der Waals surface area contributed by atoms with Crippen LogP contribution in [-0.4, -0.2) is 50.5 Å². The zero-order chi connectivity index (χ0) is 17.1. The Balaban J connectivity index is 1.96. The van der Waals surface area contributed by atoms with Crippen LogP contribution < -0.4 is 16.0 Å². The van der Waals surface area contributed by atoms with E-state index in [0.29, 0.717) is 5.84 Å². The normalized spacial score (nSPS) is 15.6. The van der Waals surface area contributed by atoms with Gasteiger partial charge in [0.1, 0.15) is 11.5 Å². The number of piperazine rings is 1. The molecule has 6 nitrogen and oxygen atoms in total. The first-order chi connectivity index (χ1) is 11.7. The second kappa shape index (κ2) is 6.88. The van der Waals surface area contributed by atoms with E-state index in [1.807, 2.05) is 6.92 Å². The Morgan fingerprint density at radius 3 is 2.46 bits per heavy atom. The van der Waals surface area contributed by atoms with E-state index in [1.54, 1.807) is 11.7 Å². The number of aromatic nitrogens is 1. The maximum Gasteiger partial charge on any atom is 0.144 e. The van der Waals surface area contributed by atoms with E-state index in [4.69, 9.17) is 5.73 Å². The molecule has 0 aliphatic carbocycles. The van der Waals surface area contributed by atoms with Gasteiger partial charge in [0.25, 0.3) is 0 Å². The lowest BCUT2D eigenvalue weighted by Crippen LogP contribution is -2.43. The number of nitrogens with two attached hydrogens (primary N) is 1. The Morgan fingerprint density at radius 1 is 1.21 bits per heavy atom. The molecule has 0 bridgehead atoms. The van der Waals surface area contributed by atoms with Crippen molar-refractivity contribution in [2.45, 2.75) is 6.92 Å². The molecule has 126 valence electrons. The summed E-state index contributed by atoms with van der Waals surface area (Å²) in [6.45, 7) is 9.83. The third-order valence-electron chi connectivity index (χ3n) is 4.44. The molecule has 0 saturated carbocycles. The lowest BCUT2D eigenvalue weighted by molar-refractivity contribution is 0.589. The summed E-state index contributed by atoms with van der Waals surface area (Å²) in [5, 5.41) is 7.51. The molecule has 3 N–H and O–H groups in total. The molecule has 1 aliphatic rings. The number of aryl methyl sites for hydroxylation is 1. The van der Waals surface area contributed by atoms with Crippen molar-refractivity contribution in [3.63, 3.8) is 0 Å². The molecule has 0 unspecified atom stereocenters. The highest BCUT2D eigenvalue weighted by atomic mass is 15.4. The van der Waals surface area contributed by atoms with Crippen LogP contribution in [0.3, 0.4) is 0 Å². The molecule has 1 saturated heterocycles. The summed E-state index contributed by atoms with van der Waals surface area (Å²) in [5.74, 6) is 0.462. The third kappa shape index (κ3) is 2.92. The summed E-state index contributed by atoms with van der Waals surface area (Å²) in [4.78, 5) is 6.48. The monoisotopic (exact) mass is 324 g/mol. The van der Waals surface area contributed by atoms with Crippen molar-refractivity contribution in [3.05, 3.63) is 41.6 Å². The quantitative estimate of drug-likeness (QED) is 0.664. The SMILES string of the molecule is C=Nn1c(-c2ccc(N3CCNCC3)cc2)cc(C)c1C(N)=NC. The van der Waals surface area contributed by atoms with E-state index in [2.05, 4.69) is 57.4 Å². The van der Waals surface area contributed by atoms with Gasteiger partial charge in [0.05, 0.1) is 5.69 Å². The second-order valence-electron chi connectivity index (χ2n) is 5.91. The molecule has 6 heteroatoms. The van der Waals surface area contributed by atoms with E-state index < -0.39 is 0 Å². The van der Waals surface area contributed by atoms with Crippen LogP contribution in [-0.2, 0) is 0 Å². The minimum absolute atomic E-state index is 0.462. The number of hydrogen-bond donors (Lipinski definition) is 2. The minimum Gasteiger partial charge on any atom is -0.382 e. The largest absolute Gasteiger partial charge is 0.382 e. The minimum atomic E-state index is 0.462. The van der Waals surface area contributed by atoms with Crippen molar-refractivity contribution < 1.29 is 0 Å². The van der Waals surface area contributed by atoms with Gasteiger partial charge in [-0.1, -0.05) is 12.1 Å². The van der Waals surface area contributed by atoms with Crippen LogP contribution in [0, 0.1) is 6.92 Å². The lowest BCUT2D eigenvalue weighted by Gasteiger charge is -2.29. The predicted octanol–water partition coefficient (Wildman–Crippen LogP) is 1.67. The maximum atomic E-state index is 6.01. The summed E-state index contributed by atoms with van der Waals surface area (Å²) in [7, 11) is 1.68. The van der Waals surface area contributed by atoms with E-state index in [0.717, 1.165) is 48.7 Å².